The van der Waals surface area contributed by atoms with Gasteiger partial charge in [0.05, 0.1) is 5.69 Å². The first-order valence-corrected chi connectivity index (χ1v) is 5.68. The Labute approximate surface area is 106 Å². The lowest BCUT2D eigenvalue weighted by Gasteiger charge is -2.09. The molecule has 0 unspecified atom stereocenters. The molecular weight excluding hydrogens is 228 g/mol. The number of nitrogens with one attached hydrogen (secondary N) is 1. The van der Waals surface area contributed by atoms with E-state index in [0.717, 1.165) is 11.4 Å². The number of amides is 2. The van der Waals surface area contributed by atoms with Crippen molar-refractivity contribution in [2.24, 2.45) is 0 Å². The van der Waals surface area contributed by atoms with Crippen molar-refractivity contribution in [2.45, 2.75) is 6.92 Å². The van der Waals surface area contributed by atoms with Crippen LogP contribution in [-0.2, 0) is 0 Å². The quantitative estimate of drug-likeness (QED) is 0.881. The summed E-state index contributed by atoms with van der Waals surface area (Å²) in [6, 6.07) is 11.5. The molecule has 2 amide bonds. The Hall–Kier alpha value is -2.30. The lowest BCUT2D eigenvalue weighted by molar-refractivity contribution is 0.230. The van der Waals surface area contributed by atoms with Gasteiger partial charge < -0.3 is 4.90 Å². The summed E-state index contributed by atoms with van der Waals surface area (Å²) in [5.41, 5.74) is 1.94. The van der Waals surface area contributed by atoms with Gasteiger partial charge in [0.1, 0.15) is 0 Å². The number of hydrogen-bond donors (Lipinski definition) is 1. The summed E-state index contributed by atoms with van der Waals surface area (Å²) in [6.07, 6.45) is 0. The first-order chi connectivity index (χ1) is 8.58. The third kappa shape index (κ3) is 2.51. The van der Waals surface area contributed by atoms with E-state index in [1.54, 1.807) is 18.8 Å². The van der Waals surface area contributed by atoms with Gasteiger partial charge in [-0.2, -0.15) is 0 Å². The van der Waals surface area contributed by atoms with Crippen LogP contribution in [0.1, 0.15) is 5.69 Å². The highest BCUT2D eigenvalue weighted by Gasteiger charge is 2.09. The Kier molecular flexibility index (Phi) is 3.32. The summed E-state index contributed by atoms with van der Waals surface area (Å²) in [6.45, 7) is 1.95. The molecule has 5 nitrogen and oxygen atoms in total. The summed E-state index contributed by atoms with van der Waals surface area (Å²) in [5, 5.41) is 7.09. The van der Waals surface area contributed by atoms with Crippen molar-refractivity contribution < 1.29 is 4.79 Å². The average molecular weight is 244 g/mol. The number of urea groups is 1. The fraction of sp³-hybridized carbons (Fsp3) is 0.231. The van der Waals surface area contributed by atoms with Crippen LogP contribution in [0.2, 0.25) is 0 Å². The smallest absolute Gasteiger partial charge is 0.322 e. The SMILES string of the molecule is Cc1cc(NC(=O)N(C)C)nn1-c1ccccc1. The highest BCUT2D eigenvalue weighted by Crippen LogP contribution is 2.14. The van der Waals surface area contributed by atoms with E-state index < -0.39 is 0 Å². The van der Waals surface area contributed by atoms with Gasteiger partial charge in [0.25, 0.3) is 0 Å². The van der Waals surface area contributed by atoms with Gasteiger partial charge in [-0.15, -0.1) is 5.10 Å². The zero-order chi connectivity index (χ0) is 13.1. The zero-order valence-electron chi connectivity index (χ0n) is 10.7. The molecule has 0 fully saturated rings. The summed E-state index contributed by atoms with van der Waals surface area (Å²) in [7, 11) is 3.38. The van der Waals surface area contributed by atoms with Gasteiger partial charge in [-0.1, -0.05) is 18.2 Å². The Bertz CT molecular complexity index is 545. The molecule has 1 aromatic carbocycles. The molecule has 0 aliphatic rings. The van der Waals surface area contributed by atoms with Crippen LogP contribution >= 0.6 is 0 Å². The van der Waals surface area contributed by atoms with E-state index in [9.17, 15) is 4.79 Å². The van der Waals surface area contributed by atoms with E-state index in [2.05, 4.69) is 10.4 Å². The van der Waals surface area contributed by atoms with Gasteiger partial charge >= 0.3 is 6.03 Å². The standard InChI is InChI=1S/C13H16N4O/c1-10-9-12(14-13(18)16(2)3)15-17(10)11-7-5-4-6-8-11/h4-9H,1-3H3,(H,14,15,18). The average Bonchev–Trinajstić information content (AvgIpc) is 2.71. The predicted molar refractivity (Wildman–Crippen MR) is 71.0 cm³/mol. The maximum atomic E-state index is 11.5. The number of benzene rings is 1. The van der Waals surface area contributed by atoms with Crippen LogP contribution in [0.4, 0.5) is 10.6 Å². The summed E-state index contributed by atoms with van der Waals surface area (Å²) < 4.78 is 1.80. The monoisotopic (exact) mass is 244 g/mol. The summed E-state index contributed by atoms with van der Waals surface area (Å²) in [4.78, 5) is 13.0. The van der Waals surface area contributed by atoms with E-state index in [-0.39, 0.29) is 6.03 Å². The molecule has 0 aliphatic heterocycles. The van der Waals surface area contributed by atoms with Gasteiger partial charge in [-0.3, -0.25) is 5.32 Å². The molecule has 5 heteroatoms. The van der Waals surface area contributed by atoms with E-state index in [1.807, 2.05) is 43.3 Å². The number of aryl methyl sites for hydroxylation is 1. The van der Waals surface area contributed by atoms with Gasteiger partial charge in [0.15, 0.2) is 5.82 Å². The second-order valence-electron chi connectivity index (χ2n) is 4.24. The van der Waals surface area contributed by atoms with Gasteiger partial charge in [0, 0.05) is 25.9 Å². The van der Waals surface area contributed by atoms with Crippen molar-refractivity contribution in [1.82, 2.24) is 14.7 Å². The summed E-state index contributed by atoms with van der Waals surface area (Å²) >= 11 is 0. The molecule has 1 aromatic heterocycles. The largest absolute Gasteiger partial charge is 0.331 e. The van der Waals surface area contributed by atoms with Crippen LogP contribution in [0.5, 0.6) is 0 Å². The lowest BCUT2D eigenvalue weighted by Crippen LogP contribution is -2.27. The van der Waals surface area contributed by atoms with Gasteiger partial charge in [-0.05, 0) is 19.1 Å². The Morgan fingerprint density at radius 2 is 1.94 bits per heavy atom. The predicted octanol–water partition coefficient (Wildman–Crippen LogP) is 2.27. The van der Waals surface area contributed by atoms with Crippen LogP contribution in [0.3, 0.4) is 0 Å². The molecule has 1 N–H and O–H groups in total. The van der Waals surface area contributed by atoms with Crippen LogP contribution in [0.15, 0.2) is 36.4 Å². The van der Waals surface area contributed by atoms with E-state index in [4.69, 9.17) is 0 Å². The highest BCUT2D eigenvalue weighted by molar-refractivity contribution is 5.87. The Balaban J connectivity index is 2.25. The molecule has 0 aliphatic carbocycles. The van der Waals surface area contributed by atoms with Crippen LogP contribution < -0.4 is 5.32 Å². The Morgan fingerprint density at radius 3 is 2.56 bits per heavy atom. The summed E-state index contributed by atoms with van der Waals surface area (Å²) in [5.74, 6) is 0.551. The minimum absolute atomic E-state index is 0.187. The number of nitrogens with zero attached hydrogens (tertiary/aromatic N) is 3. The molecule has 2 rings (SSSR count). The topological polar surface area (TPSA) is 50.2 Å². The van der Waals surface area contributed by atoms with E-state index in [1.165, 1.54) is 4.90 Å². The molecule has 0 saturated heterocycles. The van der Waals surface area contributed by atoms with Crippen LogP contribution in [0, 0.1) is 6.92 Å². The minimum atomic E-state index is -0.187. The number of carbonyl (C=O) groups is 1. The zero-order valence-corrected chi connectivity index (χ0v) is 10.7. The van der Waals surface area contributed by atoms with Crippen LogP contribution in [0.25, 0.3) is 5.69 Å². The molecule has 0 bridgehead atoms. The van der Waals surface area contributed by atoms with Crippen molar-refractivity contribution >= 4 is 11.8 Å². The highest BCUT2D eigenvalue weighted by atomic mass is 16.2. The molecule has 0 radical (unpaired) electrons. The van der Waals surface area contributed by atoms with E-state index in [0.29, 0.717) is 5.82 Å². The molecule has 0 spiro atoms. The normalized spacial score (nSPS) is 10.2. The number of rotatable bonds is 2. The Morgan fingerprint density at radius 1 is 1.28 bits per heavy atom. The first-order valence-electron chi connectivity index (χ1n) is 5.68. The minimum Gasteiger partial charge on any atom is -0.331 e. The third-order valence-electron chi connectivity index (χ3n) is 2.53. The van der Waals surface area contributed by atoms with Crippen molar-refractivity contribution in [3.05, 3.63) is 42.1 Å². The number of carbonyl (C=O) groups excluding carboxylic acids is 1. The molecule has 18 heavy (non-hydrogen) atoms. The molecule has 94 valence electrons. The fourth-order valence-electron chi connectivity index (χ4n) is 1.59. The molecule has 0 saturated carbocycles. The molecule has 0 atom stereocenters. The number of para-hydroxylation sites is 1. The fourth-order valence-corrected chi connectivity index (χ4v) is 1.59. The number of hydrogen-bond acceptors (Lipinski definition) is 2. The second kappa shape index (κ2) is 4.91. The van der Waals surface area contributed by atoms with Crippen molar-refractivity contribution in [3.8, 4) is 5.69 Å². The maximum Gasteiger partial charge on any atom is 0.322 e. The van der Waals surface area contributed by atoms with Crippen molar-refractivity contribution in [1.29, 1.82) is 0 Å². The van der Waals surface area contributed by atoms with Crippen LogP contribution in [-0.4, -0.2) is 34.8 Å². The lowest BCUT2D eigenvalue weighted by atomic mass is 10.3. The maximum absolute atomic E-state index is 11.5. The third-order valence-corrected chi connectivity index (χ3v) is 2.53. The molecule has 2 aromatic rings. The van der Waals surface area contributed by atoms with Crippen molar-refractivity contribution in [2.75, 3.05) is 19.4 Å². The van der Waals surface area contributed by atoms with E-state index >= 15 is 0 Å². The molecule has 1 heterocycles. The van der Waals surface area contributed by atoms with Crippen molar-refractivity contribution in [3.63, 3.8) is 0 Å². The molecular formula is C13H16N4O. The number of anilines is 1. The first kappa shape index (κ1) is 12.2. The second-order valence-corrected chi connectivity index (χ2v) is 4.24. The van der Waals surface area contributed by atoms with Gasteiger partial charge in [0.2, 0.25) is 0 Å². The number of aromatic nitrogens is 2. The van der Waals surface area contributed by atoms with Gasteiger partial charge in [-0.25, -0.2) is 9.48 Å².